The molecule has 1 aliphatic carbocycles. The van der Waals surface area contributed by atoms with Gasteiger partial charge in [0.2, 0.25) is 0 Å². The second-order valence-corrected chi connectivity index (χ2v) is 6.94. The molecule has 2 nitrogen and oxygen atoms in total. The van der Waals surface area contributed by atoms with Gasteiger partial charge in [-0.1, -0.05) is 19.3 Å². The standard InChI is InChI=1S/C15H21Br2NO/c1-19-15-13(16)7-12(8-14(15)17)10-18-9-11-5-3-2-4-6-11/h7-8,11,18H,2-6,9-10H2,1H3. The van der Waals surface area contributed by atoms with E-state index in [-0.39, 0.29) is 0 Å². The highest BCUT2D eigenvalue weighted by Gasteiger charge is 2.13. The maximum Gasteiger partial charge on any atom is 0.147 e. The van der Waals surface area contributed by atoms with Crippen molar-refractivity contribution in [3.8, 4) is 5.75 Å². The molecule has 1 aliphatic rings. The summed E-state index contributed by atoms with van der Waals surface area (Å²) in [5.41, 5.74) is 1.27. The molecule has 4 heteroatoms. The molecule has 0 heterocycles. The van der Waals surface area contributed by atoms with Crippen LogP contribution in [0.5, 0.6) is 5.75 Å². The molecule has 0 radical (unpaired) electrons. The van der Waals surface area contributed by atoms with Crippen molar-refractivity contribution in [2.24, 2.45) is 5.92 Å². The second-order valence-electron chi connectivity index (χ2n) is 5.23. The Kier molecular flexibility index (Phi) is 6.17. The molecule has 1 saturated carbocycles. The molecular formula is C15H21Br2NO. The Morgan fingerprint density at radius 3 is 2.37 bits per heavy atom. The van der Waals surface area contributed by atoms with Crippen LogP contribution in [0.25, 0.3) is 0 Å². The number of hydrogen-bond donors (Lipinski definition) is 1. The number of halogens is 2. The molecule has 0 spiro atoms. The first kappa shape index (κ1) is 15.3. The lowest BCUT2D eigenvalue weighted by Crippen LogP contribution is -2.24. The third-order valence-electron chi connectivity index (χ3n) is 3.75. The Bertz CT molecular complexity index is 394. The van der Waals surface area contributed by atoms with Gasteiger partial charge in [-0.3, -0.25) is 0 Å². The van der Waals surface area contributed by atoms with Gasteiger partial charge in [-0.2, -0.15) is 0 Å². The van der Waals surface area contributed by atoms with Crippen LogP contribution in [0.15, 0.2) is 21.1 Å². The van der Waals surface area contributed by atoms with Crippen molar-refractivity contribution in [1.29, 1.82) is 0 Å². The van der Waals surface area contributed by atoms with Crippen molar-refractivity contribution in [2.45, 2.75) is 38.6 Å². The van der Waals surface area contributed by atoms with Crippen LogP contribution in [0.2, 0.25) is 0 Å². The zero-order valence-electron chi connectivity index (χ0n) is 11.3. The third-order valence-corrected chi connectivity index (χ3v) is 4.93. The average Bonchev–Trinajstić information content (AvgIpc) is 2.40. The molecule has 0 amide bonds. The van der Waals surface area contributed by atoms with Gasteiger partial charge in [-0.05, 0) is 74.9 Å². The summed E-state index contributed by atoms with van der Waals surface area (Å²) in [5.74, 6) is 1.73. The quantitative estimate of drug-likeness (QED) is 0.772. The van der Waals surface area contributed by atoms with Gasteiger partial charge in [0, 0.05) is 6.54 Å². The largest absolute Gasteiger partial charge is 0.494 e. The van der Waals surface area contributed by atoms with Gasteiger partial charge in [0.15, 0.2) is 0 Å². The fourth-order valence-electron chi connectivity index (χ4n) is 2.72. The van der Waals surface area contributed by atoms with E-state index in [1.165, 1.54) is 37.7 Å². The lowest BCUT2D eigenvalue weighted by atomic mass is 9.89. The van der Waals surface area contributed by atoms with Gasteiger partial charge in [0.05, 0.1) is 16.1 Å². The number of benzene rings is 1. The van der Waals surface area contributed by atoms with E-state index in [2.05, 4.69) is 49.3 Å². The maximum absolute atomic E-state index is 5.32. The Morgan fingerprint density at radius 1 is 1.16 bits per heavy atom. The van der Waals surface area contributed by atoms with E-state index >= 15 is 0 Å². The van der Waals surface area contributed by atoms with Crippen LogP contribution in [0, 0.1) is 5.92 Å². The lowest BCUT2D eigenvalue weighted by molar-refractivity contribution is 0.342. The van der Waals surface area contributed by atoms with Gasteiger partial charge in [0.25, 0.3) is 0 Å². The van der Waals surface area contributed by atoms with Crippen molar-refractivity contribution in [2.75, 3.05) is 13.7 Å². The number of ether oxygens (including phenoxy) is 1. The predicted molar refractivity (Wildman–Crippen MR) is 86.7 cm³/mol. The first-order valence-corrected chi connectivity index (χ1v) is 8.52. The van der Waals surface area contributed by atoms with Crippen LogP contribution in [0.1, 0.15) is 37.7 Å². The molecule has 1 N–H and O–H groups in total. The summed E-state index contributed by atoms with van der Waals surface area (Å²) >= 11 is 7.09. The minimum atomic E-state index is 0.857. The summed E-state index contributed by atoms with van der Waals surface area (Å²) in [6.45, 7) is 2.05. The summed E-state index contributed by atoms with van der Waals surface area (Å²) in [4.78, 5) is 0. The van der Waals surface area contributed by atoms with Gasteiger partial charge < -0.3 is 10.1 Å². The van der Waals surface area contributed by atoms with Crippen LogP contribution in [0.4, 0.5) is 0 Å². The SMILES string of the molecule is COc1c(Br)cc(CNCC2CCCCC2)cc1Br. The summed E-state index contributed by atoms with van der Waals surface area (Å²) < 4.78 is 7.31. The minimum Gasteiger partial charge on any atom is -0.494 e. The summed E-state index contributed by atoms with van der Waals surface area (Å²) in [7, 11) is 1.69. The van der Waals surface area contributed by atoms with Gasteiger partial charge in [-0.25, -0.2) is 0 Å². The maximum atomic E-state index is 5.32. The smallest absolute Gasteiger partial charge is 0.147 e. The first-order chi connectivity index (χ1) is 9.20. The molecule has 0 aliphatic heterocycles. The predicted octanol–water partition coefficient (Wildman–Crippen LogP) is 4.89. The molecule has 1 aromatic carbocycles. The molecule has 1 fully saturated rings. The first-order valence-electron chi connectivity index (χ1n) is 6.93. The van der Waals surface area contributed by atoms with Crippen molar-refractivity contribution in [3.63, 3.8) is 0 Å². The molecule has 0 aromatic heterocycles. The molecule has 106 valence electrons. The van der Waals surface area contributed by atoms with Crippen LogP contribution in [0.3, 0.4) is 0 Å². The van der Waals surface area contributed by atoms with E-state index in [9.17, 15) is 0 Å². The Hall–Kier alpha value is -0.0600. The Labute approximate surface area is 132 Å². The monoisotopic (exact) mass is 389 g/mol. The Balaban J connectivity index is 1.85. The van der Waals surface area contributed by atoms with Crippen LogP contribution >= 0.6 is 31.9 Å². The van der Waals surface area contributed by atoms with E-state index in [1.807, 2.05) is 0 Å². The third kappa shape index (κ3) is 4.47. The van der Waals surface area contributed by atoms with Crippen molar-refractivity contribution < 1.29 is 4.74 Å². The van der Waals surface area contributed by atoms with E-state index in [0.29, 0.717) is 0 Å². The van der Waals surface area contributed by atoms with Crippen LogP contribution in [-0.4, -0.2) is 13.7 Å². The Morgan fingerprint density at radius 2 is 1.79 bits per heavy atom. The average molecular weight is 391 g/mol. The van der Waals surface area contributed by atoms with E-state index in [1.54, 1.807) is 7.11 Å². The molecule has 0 atom stereocenters. The number of methoxy groups -OCH3 is 1. The summed E-state index contributed by atoms with van der Waals surface area (Å²) in [5, 5.41) is 3.58. The normalized spacial score (nSPS) is 16.6. The summed E-state index contributed by atoms with van der Waals surface area (Å²) in [6.07, 6.45) is 7.03. The highest BCUT2D eigenvalue weighted by molar-refractivity contribution is 9.11. The summed E-state index contributed by atoms with van der Waals surface area (Å²) in [6, 6.07) is 4.24. The zero-order chi connectivity index (χ0) is 13.7. The second kappa shape index (κ2) is 7.65. The molecule has 0 bridgehead atoms. The van der Waals surface area contributed by atoms with Gasteiger partial charge >= 0.3 is 0 Å². The van der Waals surface area contributed by atoms with E-state index < -0.39 is 0 Å². The van der Waals surface area contributed by atoms with Crippen LogP contribution < -0.4 is 10.1 Å². The number of rotatable bonds is 5. The highest BCUT2D eigenvalue weighted by atomic mass is 79.9. The molecule has 2 rings (SSSR count). The molecule has 0 unspecified atom stereocenters. The number of hydrogen-bond acceptors (Lipinski definition) is 2. The molecule has 19 heavy (non-hydrogen) atoms. The molecular weight excluding hydrogens is 370 g/mol. The molecule has 0 saturated heterocycles. The van der Waals surface area contributed by atoms with E-state index in [0.717, 1.165) is 33.7 Å². The van der Waals surface area contributed by atoms with Crippen molar-refractivity contribution >= 4 is 31.9 Å². The van der Waals surface area contributed by atoms with E-state index in [4.69, 9.17) is 4.74 Å². The minimum absolute atomic E-state index is 0.857. The number of nitrogens with one attached hydrogen (secondary N) is 1. The fraction of sp³-hybridized carbons (Fsp3) is 0.600. The van der Waals surface area contributed by atoms with Crippen molar-refractivity contribution in [3.05, 3.63) is 26.6 Å². The topological polar surface area (TPSA) is 21.3 Å². The van der Waals surface area contributed by atoms with Crippen LogP contribution in [-0.2, 0) is 6.54 Å². The lowest BCUT2D eigenvalue weighted by Gasteiger charge is -2.22. The fourth-order valence-corrected chi connectivity index (χ4v) is 4.33. The van der Waals surface area contributed by atoms with Gasteiger partial charge in [-0.15, -0.1) is 0 Å². The van der Waals surface area contributed by atoms with Crippen molar-refractivity contribution in [1.82, 2.24) is 5.32 Å². The molecule has 1 aromatic rings. The zero-order valence-corrected chi connectivity index (χ0v) is 14.5. The highest BCUT2D eigenvalue weighted by Crippen LogP contribution is 2.34. The van der Waals surface area contributed by atoms with Gasteiger partial charge in [0.1, 0.15) is 5.75 Å².